The molecule has 4 aromatic rings. The molecule has 0 saturated carbocycles. The second kappa shape index (κ2) is 7.98. The van der Waals surface area contributed by atoms with Crippen molar-refractivity contribution in [3.8, 4) is 17.2 Å². The third kappa shape index (κ3) is 3.65. The molecule has 33 heavy (non-hydrogen) atoms. The third-order valence-corrected chi connectivity index (χ3v) is 5.69. The molecular weight excluding hydrogens is 418 g/mol. The number of fused-ring (bicyclic) bond motifs is 2. The number of para-hydroxylation sites is 1. The first-order chi connectivity index (χ1) is 15.9. The average molecular weight is 439 g/mol. The van der Waals surface area contributed by atoms with Gasteiger partial charge in [0.1, 0.15) is 17.2 Å². The van der Waals surface area contributed by atoms with Crippen LogP contribution in [0.5, 0.6) is 17.2 Å². The van der Waals surface area contributed by atoms with Gasteiger partial charge in [0.05, 0.1) is 18.2 Å². The maximum Gasteiger partial charge on any atom is 0.343 e. The van der Waals surface area contributed by atoms with Crippen molar-refractivity contribution in [2.45, 2.75) is 6.92 Å². The summed E-state index contributed by atoms with van der Waals surface area (Å²) in [4.78, 5) is 25.6. The van der Waals surface area contributed by atoms with Gasteiger partial charge >= 0.3 is 5.97 Å². The first kappa shape index (κ1) is 20.6. The van der Waals surface area contributed by atoms with E-state index in [0.717, 1.165) is 16.5 Å². The number of aromatic nitrogens is 1. The number of methoxy groups -OCH3 is 1. The van der Waals surface area contributed by atoms with Crippen molar-refractivity contribution in [2.24, 2.45) is 7.05 Å². The number of rotatable bonds is 4. The topological polar surface area (TPSA) is 66.8 Å². The van der Waals surface area contributed by atoms with E-state index in [2.05, 4.69) is 0 Å². The van der Waals surface area contributed by atoms with Crippen molar-refractivity contribution in [3.63, 3.8) is 0 Å². The minimum Gasteiger partial charge on any atom is -0.497 e. The van der Waals surface area contributed by atoms with E-state index < -0.39 is 5.97 Å². The van der Waals surface area contributed by atoms with E-state index in [1.807, 2.05) is 42.1 Å². The van der Waals surface area contributed by atoms with E-state index in [0.29, 0.717) is 33.9 Å². The highest BCUT2D eigenvalue weighted by molar-refractivity contribution is 6.16. The van der Waals surface area contributed by atoms with E-state index in [1.54, 1.807) is 56.5 Å². The molecule has 0 aliphatic carbocycles. The highest BCUT2D eigenvalue weighted by Crippen LogP contribution is 2.38. The van der Waals surface area contributed by atoms with Crippen molar-refractivity contribution >= 4 is 28.7 Å². The Hall–Kier alpha value is -4.32. The maximum absolute atomic E-state index is 13.1. The monoisotopic (exact) mass is 439 g/mol. The number of aryl methyl sites for hydroxylation is 2. The lowest BCUT2D eigenvalue weighted by molar-refractivity contribution is 0.0734. The summed E-state index contributed by atoms with van der Waals surface area (Å²) in [5, 5.41) is 1.03. The summed E-state index contributed by atoms with van der Waals surface area (Å²) in [7, 11) is 3.52. The van der Waals surface area contributed by atoms with Crippen LogP contribution in [0.4, 0.5) is 0 Å². The van der Waals surface area contributed by atoms with Gasteiger partial charge in [-0.3, -0.25) is 4.79 Å². The fourth-order valence-electron chi connectivity index (χ4n) is 4.06. The number of ether oxygens (including phenoxy) is 3. The second-order valence-electron chi connectivity index (χ2n) is 7.88. The molecular formula is C27H21NO5. The summed E-state index contributed by atoms with van der Waals surface area (Å²) < 4.78 is 18.6. The van der Waals surface area contributed by atoms with Gasteiger partial charge in [-0.1, -0.05) is 18.2 Å². The van der Waals surface area contributed by atoms with Crippen LogP contribution in [0.25, 0.3) is 17.0 Å². The fourth-order valence-corrected chi connectivity index (χ4v) is 4.06. The number of nitrogens with zero attached hydrogens (tertiary/aromatic N) is 1. The van der Waals surface area contributed by atoms with Crippen LogP contribution in [0.1, 0.15) is 31.8 Å². The van der Waals surface area contributed by atoms with E-state index in [-0.39, 0.29) is 11.5 Å². The molecule has 0 N–H and O–H groups in total. The van der Waals surface area contributed by atoms with E-state index in [4.69, 9.17) is 14.2 Å². The predicted octanol–water partition coefficient (Wildman–Crippen LogP) is 5.33. The number of carbonyl (C=O) groups is 2. The van der Waals surface area contributed by atoms with Crippen LogP contribution >= 0.6 is 0 Å². The Morgan fingerprint density at radius 3 is 2.55 bits per heavy atom. The van der Waals surface area contributed by atoms with Gasteiger partial charge in [0.2, 0.25) is 5.78 Å². The van der Waals surface area contributed by atoms with Crippen molar-refractivity contribution in [1.82, 2.24) is 4.57 Å². The van der Waals surface area contributed by atoms with E-state index in [9.17, 15) is 9.59 Å². The van der Waals surface area contributed by atoms with Gasteiger partial charge < -0.3 is 18.8 Å². The molecule has 0 atom stereocenters. The molecule has 0 spiro atoms. The summed E-state index contributed by atoms with van der Waals surface area (Å²) in [5.41, 5.74) is 3.51. The van der Waals surface area contributed by atoms with Crippen LogP contribution in [-0.2, 0) is 7.05 Å². The first-order valence-corrected chi connectivity index (χ1v) is 10.4. The Morgan fingerprint density at radius 1 is 1.03 bits per heavy atom. The van der Waals surface area contributed by atoms with Gasteiger partial charge in [-0.25, -0.2) is 4.79 Å². The molecule has 164 valence electrons. The molecule has 3 aromatic carbocycles. The lowest BCUT2D eigenvalue weighted by Gasteiger charge is -2.08. The Bertz CT molecular complexity index is 1440. The van der Waals surface area contributed by atoms with Gasteiger partial charge in [0.15, 0.2) is 5.76 Å². The molecule has 0 radical (unpaired) electrons. The molecule has 0 amide bonds. The second-order valence-corrected chi connectivity index (χ2v) is 7.88. The number of allylic oxidation sites excluding steroid dienone is 1. The van der Waals surface area contributed by atoms with Crippen LogP contribution < -0.4 is 14.2 Å². The normalized spacial score (nSPS) is 13.8. The van der Waals surface area contributed by atoms with Gasteiger partial charge in [0, 0.05) is 35.8 Å². The van der Waals surface area contributed by atoms with Gasteiger partial charge in [-0.05, 0) is 55.0 Å². The standard InChI is InChI=1S/C27H21NO5/c1-16-12-20(32-27(30)17-8-10-19(31-3)11-9-17)14-23-25(16)26(29)24(33-23)13-18-15-28(2)22-7-5-4-6-21(18)22/h4-15H,1-3H3/b24-13-. The number of esters is 1. The zero-order chi connectivity index (χ0) is 23.1. The Kier molecular flexibility index (Phi) is 4.98. The summed E-state index contributed by atoms with van der Waals surface area (Å²) >= 11 is 0. The summed E-state index contributed by atoms with van der Waals surface area (Å²) in [6.45, 7) is 1.80. The molecule has 0 saturated heterocycles. The lowest BCUT2D eigenvalue weighted by Crippen LogP contribution is -2.08. The predicted molar refractivity (Wildman–Crippen MR) is 125 cm³/mol. The van der Waals surface area contributed by atoms with Crippen molar-refractivity contribution in [2.75, 3.05) is 7.11 Å². The van der Waals surface area contributed by atoms with Crippen LogP contribution in [0.2, 0.25) is 0 Å². The van der Waals surface area contributed by atoms with E-state index in [1.165, 1.54) is 0 Å². The van der Waals surface area contributed by atoms with E-state index >= 15 is 0 Å². The van der Waals surface area contributed by atoms with Crippen LogP contribution in [0, 0.1) is 6.92 Å². The summed E-state index contributed by atoms with van der Waals surface area (Å²) in [5.74, 6) is 0.882. The first-order valence-electron chi connectivity index (χ1n) is 10.4. The summed E-state index contributed by atoms with van der Waals surface area (Å²) in [6, 6.07) is 17.9. The molecule has 1 aliphatic heterocycles. The molecule has 6 heteroatoms. The average Bonchev–Trinajstić information content (AvgIpc) is 3.30. The minimum atomic E-state index is -0.507. The highest BCUT2D eigenvalue weighted by atomic mass is 16.5. The lowest BCUT2D eigenvalue weighted by atomic mass is 10.0. The SMILES string of the molecule is COc1ccc(C(=O)Oc2cc(C)c3c(c2)O/C(=C\c2cn(C)c4ccccc24)C3=O)cc1. The van der Waals surface area contributed by atoms with Crippen molar-refractivity contribution in [3.05, 3.63) is 94.9 Å². The molecule has 1 aromatic heterocycles. The number of hydrogen-bond donors (Lipinski definition) is 0. The zero-order valence-electron chi connectivity index (χ0n) is 18.4. The van der Waals surface area contributed by atoms with Crippen LogP contribution in [-0.4, -0.2) is 23.4 Å². The number of ketones is 1. The molecule has 5 rings (SSSR count). The smallest absolute Gasteiger partial charge is 0.343 e. The van der Waals surface area contributed by atoms with Crippen LogP contribution in [0.15, 0.2) is 72.6 Å². The number of benzene rings is 3. The van der Waals surface area contributed by atoms with Gasteiger partial charge in [-0.2, -0.15) is 0 Å². The molecule has 1 aliphatic rings. The van der Waals surface area contributed by atoms with Gasteiger partial charge in [-0.15, -0.1) is 0 Å². The number of Topliss-reactive ketones (excluding diaryl/α,β-unsaturated/α-hetero) is 1. The fraction of sp³-hybridized carbons (Fsp3) is 0.111. The number of hydrogen-bond acceptors (Lipinski definition) is 5. The highest BCUT2D eigenvalue weighted by Gasteiger charge is 2.30. The van der Waals surface area contributed by atoms with Crippen molar-refractivity contribution in [1.29, 1.82) is 0 Å². The Balaban J connectivity index is 1.43. The Labute approximate surface area is 190 Å². The minimum absolute atomic E-state index is 0.191. The van der Waals surface area contributed by atoms with Gasteiger partial charge in [0.25, 0.3) is 0 Å². The molecule has 0 bridgehead atoms. The van der Waals surface area contributed by atoms with Crippen LogP contribution in [0.3, 0.4) is 0 Å². The maximum atomic E-state index is 13.1. The number of carbonyl (C=O) groups excluding carboxylic acids is 2. The quantitative estimate of drug-likeness (QED) is 0.244. The largest absolute Gasteiger partial charge is 0.497 e. The molecule has 2 heterocycles. The molecule has 0 unspecified atom stereocenters. The zero-order valence-corrected chi connectivity index (χ0v) is 18.4. The Morgan fingerprint density at radius 2 is 1.79 bits per heavy atom. The molecule has 6 nitrogen and oxygen atoms in total. The molecule has 0 fully saturated rings. The van der Waals surface area contributed by atoms with Crippen molar-refractivity contribution < 1.29 is 23.8 Å². The summed E-state index contributed by atoms with van der Waals surface area (Å²) in [6.07, 6.45) is 3.72. The third-order valence-electron chi connectivity index (χ3n) is 5.69.